The highest BCUT2D eigenvalue weighted by molar-refractivity contribution is 6.30. The number of hydrogen-bond acceptors (Lipinski definition) is 2. The summed E-state index contributed by atoms with van der Waals surface area (Å²) in [6, 6.07) is 15.5. The van der Waals surface area contributed by atoms with Crippen LogP contribution >= 0.6 is 11.6 Å². The summed E-state index contributed by atoms with van der Waals surface area (Å²) in [4.78, 5) is 12.1. The van der Waals surface area contributed by atoms with Crippen LogP contribution in [-0.2, 0) is 4.79 Å². The molecular weight excluding hydrogens is 284 g/mol. The van der Waals surface area contributed by atoms with Gasteiger partial charge in [-0.3, -0.25) is 4.79 Å². The number of hydrogen-bond donors (Lipinski definition) is 2. The molecule has 0 unspecified atom stereocenters. The van der Waals surface area contributed by atoms with E-state index in [1.807, 2.05) is 48.5 Å². The highest BCUT2D eigenvalue weighted by Crippen LogP contribution is 2.24. The van der Waals surface area contributed by atoms with Gasteiger partial charge in [-0.1, -0.05) is 35.9 Å². The highest BCUT2D eigenvalue weighted by atomic mass is 35.5. The van der Waals surface area contributed by atoms with E-state index in [2.05, 4.69) is 10.6 Å². The van der Waals surface area contributed by atoms with Gasteiger partial charge in [0, 0.05) is 10.7 Å². The lowest BCUT2D eigenvalue weighted by Gasteiger charge is -2.12. The molecule has 0 bridgehead atoms. The van der Waals surface area contributed by atoms with Crippen molar-refractivity contribution in [2.75, 3.05) is 11.9 Å². The maximum Gasteiger partial charge on any atom is 0.241 e. The number of halogens is 1. The van der Waals surface area contributed by atoms with Crippen molar-refractivity contribution < 1.29 is 4.79 Å². The number of carbonyl (C=O) groups is 1. The van der Waals surface area contributed by atoms with Crippen LogP contribution in [0.3, 0.4) is 0 Å². The Hall–Kier alpha value is -1.84. The molecule has 0 spiro atoms. The molecule has 0 aliphatic carbocycles. The van der Waals surface area contributed by atoms with Gasteiger partial charge in [0.25, 0.3) is 0 Å². The topological polar surface area (TPSA) is 41.1 Å². The van der Waals surface area contributed by atoms with Gasteiger partial charge in [0.2, 0.25) is 5.91 Å². The normalized spacial score (nSPS) is 17.7. The summed E-state index contributed by atoms with van der Waals surface area (Å²) in [6.45, 7) is 0.920. The summed E-state index contributed by atoms with van der Waals surface area (Å²) in [5.41, 5.74) is 2.96. The first-order valence-electron chi connectivity index (χ1n) is 7.12. The molecule has 1 aliphatic rings. The summed E-state index contributed by atoms with van der Waals surface area (Å²) in [7, 11) is 0. The van der Waals surface area contributed by atoms with Gasteiger partial charge < -0.3 is 10.6 Å². The van der Waals surface area contributed by atoms with Gasteiger partial charge in [0.1, 0.15) is 0 Å². The predicted molar refractivity (Wildman–Crippen MR) is 86.5 cm³/mol. The molecule has 0 saturated carbocycles. The van der Waals surface area contributed by atoms with E-state index in [0.717, 1.165) is 41.2 Å². The Balaban J connectivity index is 1.76. The summed E-state index contributed by atoms with van der Waals surface area (Å²) in [5.74, 6) is 0.0424. The van der Waals surface area contributed by atoms with Gasteiger partial charge >= 0.3 is 0 Å². The zero-order valence-corrected chi connectivity index (χ0v) is 12.4. The van der Waals surface area contributed by atoms with E-state index in [0.29, 0.717) is 0 Å². The maximum absolute atomic E-state index is 12.1. The molecule has 0 radical (unpaired) electrons. The van der Waals surface area contributed by atoms with Crippen molar-refractivity contribution in [3.05, 3.63) is 53.6 Å². The Morgan fingerprint density at radius 3 is 2.67 bits per heavy atom. The monoisotopic (exact) mass is 300 g/mol. The Bertz CT molecular complexity index is 633. The molecule has 1 heterocycles. The molecule has 2 aromatic rings. The van der Waals surface area contributed by atoms with Crippen LogP contribution in [0.1, 0.15) is 12.8 Å². The average Bonchev–Trinajstić information content (AvgIpc) is 3.02. The Labute approximate surface area is 129 Å². The molecule has 1 atom stereocenters. The number of benzene rings is 2. The Morgan fingerprint density at radius 2 is 1.95 bits per heavy atom. The van der Waals surface area contributed by atoms with E-state index in [9.17, 15) is 4.79 Å². The minimum Gasteiger partial charge on any atom is -0.325 e. The molecule has 2 aromatic carbocycles. The van der Waals surface area contributed by atoms with Crippen molar-refractivity contribution in [3.8, 4) is 11.1 Å². The lowest BCUT2D eigenvalue weighted by molar-refractivity contribution is -0.117. The fraction of sp³-hybridized carbons (Fsp3) is 0.235. The molecule has 2 N–H and O–H groups in total. The largest absolute Gasteiger partial charge is 0.325 e. The van der Waals surface area contributed by atoms with E-state index in [1.54, 1.807) is 0 Å². The predicted octanol–water partition coefficient (Wildman–Crippen LogP) is 3.70. The zero-order chi connectivity index (χ0) is 14.7. The third kappa shape index (κ3) is 3.43. The van der Waals surface area contributed by atoms with Gasteiger partial charge in [-0.25, -0.2) is 0 Å². The number of nitrogens with one attached hydrogen (secondary N) is 2. The molecular formula is C17H17ClN2O. The smallest absolute Gasteiger partial charge is 0.241 e. The quantitative estimate of drug-likeness (QED) is 0.907. The molecule has 1 fully saturated rings. The lowest BCUT2D eigenvalue weighted by Crippen LogP contribution is -2.35. The first-order valence-corrected chi connectivity index (χ1v) is 7.50. The summed E-state index contributed by atoms with van der Waals surface area (Å²) < 4.78 is 0. The van der Waals surface area contributed by atoms with Gasteiger partial charge in [-0.05, 0) is 54.8 Å². The van der Waals surface area contributed by atoms with E-state index in [1.165, 1.54) is 0 Å². The van der Waals surface area contributed by atoms with Crippen molar-refractivity contribution in [3.63, 3.8) is 0 Å². The molecule has 1 aliphatic heterocycles. The molecule has 21 heavy (non-hydrogen) atoms. The van der Waals surface area contributed by atoms with Gasteiger partial charge in [0.05, 0.1) is 6.04 Å². The average molecular weight is 301 g/mol. The molecule has 3 rings (SSSR count). The minimum atomic E-state index is -0.0656. The van der Waals surface area contributed by atoms with Crippen LogP contribution < -0.4 is 10.6 Å². The second kappa shape index (κ2) is 6.29. The highest BCUT2D eigenvalue weighted by Gasteiger charge is 2.21. The van der Waals surface area contributed by atoms with E-state index in [4.69, 9.17) is 11.6 Å². The third-order valence-electron chi connectivity index (χ3n) is 3.68. The fourth-order valence-corrected chi connectivity index (χ4v) is 2.68. The van der Waals surface area contributed by atoms with Crippen LogP contribution in [-0.4, -0.2) is 18.5 Å². The first kappa shape index (κ1) is 14.1. The number of carbonyl (C=O) groups excluding carboxylic acids is 1. The molecule has 3 nitrogen and oxygen atoms in total. The van der Waals surface area contributed by atoms with Crippen LogP contribution in [0.5, 0.6) is 0 Å². The van der Waals surface area contributed by atoms with Crippen LogP contribution in [0.2, 0.25) is 5.02 Å². The summed E-state index contributed by atoms with van der Waals surface area (Å²) in [6.07, 6.45) is 1.96. The molecule has 108 valence electrons. The zero-order valence-electron chi connectivity index (χ0n) is 11.6. The van der Waals surface area contributed by atoms with Crippen LogP contribution in [0.25, 0.3) is 11.1 Å². The van der Waals surface area contributed by atoms with Gasteiger partial charge in [0.15, 0.2) is 0 Å². The molecule has 1 amide bonds. The Kier molecular flexibility index (Phi) is 4.23. The minimum absolute atomic E-state index is 0.0424. The molecule has 4 heteroatoms. The lowest BCUT2D eigenvalue weighted by atomic mass is 10.1. The SMILES string of the molecule is O=C(Nc1cccc(-c2ccc(Cl)cc2)c1)[C@@H]1CCCN1. The van der Waals surface area contributed by atoms with Crippen LogP contribution in [0, 0.1) is 0 Å². The number of anilines is 1. The maximum atomic E-state index is 12.1. The van der Waals surface area contributed by atoms with Crippen molar-refractivity contribution in [1.82, 2.24) is 5.32 Å². The number of rotatable bonds is 3. The third-order valence-corrected chi connectivity index (χ3v) is 3.94. The van der Waals surface area contributed by atoms with Gasteiger partial charge in [-0.2, -0.15) is 0 Å². The molecule has 0 aromatic heterocycles. The van der Waals surface area contributed by atoms with Crippen LogP contribution in [0.4, 0.5) is 5.69 Å². The van der Waals surface area contributed by atoms with Crippen molar-refractivity contribution in [2.45, 2.75) is 18.9 Å². The Morgan fingerprint density at radius 1 is 1.14 bits per heavy atom. The van der Waals surface area contributed by atoms with E-state index < -0.39 is 0 Å². The van der Waals surface area contributed by atoms with E-state index in [-0.39, 0.29) is 11.9 Å². The standard InChI is InChI=1S/C17H17ClN2O/c18-14-8-6-12(7-9-14)13-3-1-4-15(11-13)20-17(21)16-5-2-10-19-16/h1,3-4,6-9,11,16,19H,2,5,10H2,(H,20,21)/t16-/m0/s1. The summed E-state index contributed by atoms with van der Waals surface area (Å²) in [5, 5.41) is 6.90. The second-order valence-electron chi connectivity index (χ2n) is 5.23. The van der Waals surface area contributed by atoms with Crippen molar-refractivity contribution >= 4 is 23.2 Å². The van der Waals surface area contributed by atoms with Crippen LogP contribution in [0.15, 0.2) is 48.5 Å². The second-order valence-corrected chi connectivity index (χ2v) is 5.66. The van der Waals surface area contributed by atoms with Crippen molar-refractivity contribution in [1.29, 1.82) is 0 Å². The molecule has 1 saturated heterocycles. The number of amides is 1. The van der Waals surface area contributed by atoms with Crippen molar-refractivity contribution in [2.24, 2.45) is 0 Å². The van der Waals surface area contributed by atoms with E-state index >= 15 is 0 Å². The first-order chi connectivity index (χ1) is 10.2. The fourth-order valence-electron chi connectivity index (χ4n) is 2.56. The van der Waals surface area contributed by atoms with Gasteiger partial charge in [-0.15, -0.1) is 0 Å². The summed E-state index contributed by atoms with van der Waals surface area (Å²) >= 11 is 5.91.